The van der Waals surface area contributed by atoms with Gasteiger partial charge in [0.1, 0.15) is 17.4 Å². The van der Waals surface area contributed by atoms with Crippen molar-refractivity contribution in [2.24, 2.45) is 11.8 Å². The van der Waals surface area contributed by atoms with Crippen molar-refractivity contribution in [3.05, 3.63) is 0 Å². The number of rotatable bonds is 1. The van der Waals surface area contributed by atoms with E-state index in [-0.39, 0.29) is 29.4 Å². The van der Waals surface area contributed by atoms with Crippen molar-refractivity contribution in [1.82, 2.24) is 4.90 Å². The van der Waals surface area contributed by atoms with E-state index in [1.165, 1.54) is 13.3 Å². The first kappa shape index (κ1) is 12.2. The fourth-order valence-corrected chi connectivity index (χ4v) is 4.05. The molecule has 100 valence electrons. The van der Waals surface area contributed by atoms with Crippen LogP contribution in [0.3, 0.4) is 0 Å². The number of β-lactam (4-membered cyclic amide) rings is 1. The molecule has 1 saturated carbocycles. The lowest BCUT2D eigenvalue weighted by molar-refractivity contribution is -0.257. The second-order valence-corrected chi connectivity index (χ2v) is 6.15. The van der Waals surface area contributed by atoms with Gasteiger partial charge in [-0.2, -0.15) is 0 Å². The second kappa shape index (κ2) is 4.05. The zero-order chi connectivity index (χ0) is 12.9. The average Bonchev–Trinajstić information content (AvgIpc) is 2.26. The van der Waals surface area contributed by atoms with Gasteiger partial charge in [0.25, 0.3) is 0 Å². The number of ketones is 1. The summed E-state index contributed by atoms with van der Waals surface area (Å²) in [5, 5.41) is 0. The van der Waals surface area contributed by atoms with Gasteiger partial charge in [0.05, 0.1) is 12.6 Å². The molecule has 1 spiro atoms. The molecule has 0 radical (unpaired) electrons. The quantitative estimate of drug-likeness (QED) is 0.526. The summed E-state index contributed by atoms with van der Waals surface area (Å²) in [7, 11) is 0. The van der Waals surface area contributed by atoms with E-state index >= 15 is 0 Å². The third-order valence-electron chi connectivity index (χ3n) is 4.81. The molecule has 0 aromatic heterocycles. The predicted molar refractivity (Wildman–Crippen MR) is 65.7 cm³/mol. The molecule has 0 aromatic carbocycles. The standard InChI is InChI=1S/C14H21NO3/c1-9-4-3-6-14(8-9)15-11(5-7-18-14)12(10(2)16)13(15)17/h9,11-12H,3-8H2,1-2H3/t9-,11-,12-,14?/m1/s1. The molecule has 0 N–H and O–H groups in total. The summed E-state index contributed by atoms with van der Waals surface area (Å²) < 4.78 is 6.00. The van der Waals surface area contributed by atoms with Gasteiger partial charge in [-0.1, -0.05) is 13.3 Å². The van der Waals surface area contributed by atoms with Crippen LogP contribution in [-0.2, 0) is 14.3 Å². The fourth-order valence-electron chi connectivity index (χ4n) is 4.05. The van der Waals surface area contributed by atoms with Crippen molar-refractivity contribution < 1.29 is 14.3 Å². The van der Waals surface area contributed by atoms with Crippen LogP contribution in [0.15, 0.2) is 0 Å². The van der Waals surface area contributed by atoms with Gasteiger partial charge in [0, 0.05) is 0 Å². The Bertz CT molecular complexity index is 391. The zero-order valence-corrected chi connectivity index (χ0v) is 11.1. The molecule has 1 unspecified atom stereocenters. The number of amides is 1. The van der Waals surface area contributed by atoms with E-state index in [1.807, 2.05) is 4.90 Å². The van der Waals surface area contributed by atoms with Crippen molar-refractivity contribution >= 4 is 11.7 Å². The summed E-state index contributed by atoms with van der Waals surface area (Å²) in [5.74, 6) is 0.230. The Morgan fingerprint density at radius 3 is 2.89 bits per heavy atom. The first-order chi connectivity index (χ1) is 8.55. The van der Waals surface area contributed by atoms with Crippen LogP contribution in [0.5, 0.6) is 0 Å². The van der Waals surface area contributed by atoms with Crippen LogP contribution in [0.25, 0.3) is 0 Å². The van der Waals surface area contributed by atoms with Crippen LogP contribution in [0.4, 0.5) is 0 Å². The van der Waals surface area contributed by atoms with E-state index < -0.39 is 0 Å². The maximum atomic E-state index is 12.2. The van der Waals surface area contributed by atoms with Crippen LogP contribution in [0.1, 0.15) is 46.0 Å². The van der Waals surface area contributed by atoms with Crippen molar-refractivity contribution in [3.8, 4) is 0 Å². The van der Waals surface area contributed by atoms with Crippen molar-refractivity contribution in [1.29, 1.82) is 0 Å². The molecule has 0 aromatic rings. The van der Waals surface area contributed by atoms with E-state index in [4.69, 9.17) is 4.74 Å². The van der Waals surface area contributed by atoms with Crippen LogP contribution in [0.2, 0.25) is 0 Å². The molecule has 0 bridgehead atoms. The molecule has 4 nitrogen and oxygen atoms in total. The number of ether oxygens (including phenoxy) is 1. The summed E-state index contributed by atoms with van der Waals surface area (Å²) in [5.41, 5.74) is -0.385. The lowest BCUT2D eigenvalue weighted by atomic mass is 9.73. The van der Waals surface area contributed by atoms with Gasteiger partial charge in [0.2, 0.25) is 5.91 Å². The van der Waals surface area contributed by atoms with Crippen LogP contribution in [0, 0.1) is 11.8 Å². The Morgan fingerprint density at radius 2 is 2.22 bits per heavy atom. The third kappa shape index (κ3) is 1.54. The number of hydrogen-bond acceptors (Lipinski definition) is 3. The van der Waals surface area contributed by atoms with E-state index in [0.717, 1.165) is 25.7 Å². The molecule has 2 aliphatic heterocycles. The van der Waals surface area contributed by atoms with E-state index in [9.17, 15) is 9.59 Å². The molecule has 2 heterocycles. The number of carbonyl (C=O) groups is 2. The topological polar surface area (TPSA) is 46.6 Å². The SMILES string of the molecule is CC(=O)[C@H]1C(=O)N2[C@@H]1CCOC21CCC[C@@H](C)C1. The maximum Gasteiger partial charge on any atom is 0.237 e. The molecule has 18 heavy (non-hydrogen) atoms. The molecule has 2 saturated heterocycles. The highest BCUT2D eigenvalue weighted by molar-refractivity contribution is 6.06. The Hall–Kier alpha value is -0.900. The summed E-state index contributed by atoms with van der Waals surface area (Å²) in [6, 6.07) is 0.106. The lowest BCUT2D eigenvalue weighted by Gasteiger charge is -2.60. The minimum atomic E-state index is -0.386. The second-order valence-electron chi connectivity index (χ2n) is 6.15. The Kier molecular flexibility index (Phi) is 2.73. The van der Waals surface area contributed by atoms with Gasteiger partial charge in [-0.05, 0) is 38.5 Å². The van der Waals surface area contributed by atoms with Gasteiger partial charge in [-0.3, -0.25) is 9.59 Å². The largest absolute Gasteiger partial charge is 0.355 e. The molecular formula is C14H21NO3. The molecule has 4 atom stereocenters. The summed E-state index contributed by atoms with van der Waals surface area (Å²) in [4.78, 5) is 25.7. The predicted octanol–water partition coefficient (Wildman–Crippen LogP) is 1.73. The van der Waals surface area contributed by atoms with Gasteiger partial charge in [-0.15, -0.1) is 0 Å². The first-order valence-corrected chi connectivity index (χ1v) is 7.03. The molecule has 1 amide bonds. The normalized spacial score (nSPS) is 43.6. The lowest BCUT2D eigenvalue weighted by Crippen LogP contribution is -2.75. The Balaban J connectivity index is 1.85. The van der Waals surface area contributed by atoms with E-state index in [2.05, 4.69) is 6.92 Å². The highest BCUT2D eigenvalue weighted by atomic mass is 16.5. The minimum Gasteiger partial charge on any atom is -0.355 e. The zero-order valence-electron chi connectivity index (χ0n) is 11.1. The van der Waals surface area contributed by atoms with Crippen LogP contribution < -0.4 is 0 Å². The third-order valence-corrected chi connectivity index (χ3v) is 4.81. The fraction of sp³-hybridized carbons (Fsp3) is 0.857. The Labute approximate surface area is 108 Å². The molecule has 3 rings (SSSR count). The van der Waals surface area contributed by atoms with Crippen LogP contribution >= 0.6 is 0 Å². The molecular weight excluding hydrogens is 230 g/mol. The minimum absolute atomic E-state index is 0.00120. The number of fused-ring (bicyclic) bond motifs is 2. The average molecular weight is 251 g/mol. The maximum absolute atomic E-state index is 12.2. The monoisotopic (exact) mass is 251 g/mol. The smallest absolute Gasteiger partial charge is 0.237 e. The van der Waals surface area contributed by atoms with Gasteiger partial charge >= 0.3 is 0 Å². The van der Waals surface area contributed by atoms with E-state index in [0.29, 0.717) is 12.5 Å². The van der Waals surface area contributed by atoms with Crippen molar-refractivity contribution in [2.45, 2.75) is 57.7 Å². The highest BCUT2D eigenvalue weighted by Crippen LogP contribution is 2.48. The molecule has 3 fully saturated rings. The summed E-state index contributed by atoms with van der Waals surface area (Å²) in [6.45, 7) is 4.44. The van der Waals surface area contributed by atoms with E-state index in [1.54, 1.807) is 0 Å². The van der Waals surface area contributed by atoms with Crippen LogP contribution in [-0.4, -0.2) is 35.0 Å². The summed E-state index contributed by atoms with van der Waals surface area (Å²) in [6.07, 6.45) is 5.01. The van der Waals surface area contributed by atoms with Gasteiger partial charge in [-0.25, -0.2) is 0 Å². The number of nitrogens with zero attached hydrogens (tertiary/aromatic N) is 1. The first-order valence-electron chi connectivity index (χ1n) is 7.03. The van der Waals surface area contributed by atoms with Gasteiger partial charge in [0.15, 0.2) is 0 Å². The number of carbonyl (C=O) groups excluding carboxylic acids is 2. The van der Waals surface area contributed by atoms with Gasteiger partial charge < -0.3 is 9.64 Å². The summed E-state index contributed by atoms with van der Waals surface area (Å²) >= 11 is 0. The number of Topliss-reactive ketones (excluding diaryl/α,β-unsaturated/α-hetero) is 1. The van der Waals surface area contributed by atoms with Crippen molar-refractivity contribution in [2.75, 3.05) is 6.61 Å². The highest BCUT2D eigenvalue weighted by Gasteiger charge is 2.60. The molecule has 1 aliphatic carbocycles. The molecule has 4 heteroatoms. The van der Waals surface area contributed by atoms with Crippen molar-refractivity contribution in [3.63, 3.8) is 0 Å². The number of hydrogen-bond donors (Lipinski definition) is 0. The Morgan fingerprint density at radius 1 is 1.44 bits per heavy atom. The molecule has 3 aliphatic rings.